The largest absolute Gasteiger partial charge is 0.484 e. The van der Waals surface area contributed by atoms with Gasteiger partial charge in [-0.25, -0.2) is 0 Å². The summed E-state index contributed by atoms with van der Waals surface area (Å²) in [6.45, 7) is 3.04. The summed E-state index contributed by atoms with van der Waals surface area (Å²) in [5.74, 6) is 0.637. The second kappa shape index (κ2) is 5.87. The lowest BCUT2D eigenvalue weighted by Crippen LogP contribution is -2.55. The first-order valence-corrected chi connectivity index (χ1v) is 7.37. The van der Waals surface area contributed by atoms with Crippen LogP contribution < -0.4 is 10.5 Å². The van der Waals surface area contributed by atoms with Crippen molar-refractivity contribution in [2.45, 2.75) is 51.2 Å². The zero-order chi connectivity index (χ0) is 15.7. The predicted molar refractivity (Wildman–Crippen MR) is 76.3 cm³/mol. The molecule has 1 aliphatic carbocycles. The van der Waals surface area contributed by atoms with Crippen LogP contribution in [0.5, 0.6) is 5.75 Å². The summed E-state index contributed by atoms with van der Waals surface area (Å²) in [5.41, 5.74) is 7.44. The van der Waals surface area contributed by atoms with Crippen molar-refractivity contribution in [3.8, 4) is 5.75 Å². The van der Waals surface area contributed by atoms with Gasteiger partial charge in [-0.2, -0.15) is 13.2 Å². The summed E-state index contributed by atoms with van der Waals surface area (Å²) in [5, 5.41) is 0. The summed E-state index contributed by atoms with van der Waals surface area (Å²) in [4.78, 5) is 0. The molecule has 1 aromatic rings. The van der Waals surface area contributed by atoms with Gasteiger partial charge in [-0.1, -0.05) is 26.0 Å². The van der Waals surface area contributed by atoms with Crippen molar-refractivity contribution in [1.29, 1.82) is 0 Å². The predicted octanol–water partition coefficient (Wildman–Crippen LogP) is 4.25. The molecule has 0 bridgehead atoms. The Hall–Kier alpha value is -1.23. The van der Waals surface area contributed by atoms with Gasteiger partial charge in [0, 0.05) is 6.04 Å². The molecule has 2 N–H and O–H groups in total. The number of hydrogen-bond donors (Lipinski definition) is 1. The smallest absolute Gasteiger partial charge is 0.422 e. The molecule has 5 heteroatoms. The Morgan fingerprint density at radius 1 is 1.19 bits per heavy atom. The van der Waals surface area contributed by atoms with E-state index < -0.39 is 12.8 Å². The van der Waals surface area contributed by atoms with E-state index in [1.165, 1.54) is 0 Å². The third-order valence-electron chi connectivity index (χ3n) is 4.92. The quantitative estimate of drug-likeness (QED) is 0.882. The Labute approximate surface area is 123 Å². The molecule has 2 nitrogen and oxygen atoms in total. The highest BCUT2D eigenvalue weighted by Gasteiger charge is 2.50. The summed E-state index contributed by atoms with van der Waals surface area (Å²) in [6.07, 6.45) is -1.34. The topological polar surface area (TPSA) is 35.2 Å². The molecule has 0 saturated heterocycles. The van der Waals surface area contributed by atoms with Crippen molar-refractivity contribution in [2.75, 3.05) is 6.61 Å². The lowest BCUT2D eigenvalue weighted by Gasteiger charge is -2.55. The van der Waals surface area contributed by atoms with Gasteiger partial charge in [0.2, 0.25) is 0 Å². The Balaban J connectivity index is 2.06. The van der Waals surface area contributed by atoms with Gasteiger partial charge in [0.05, 0.1) is 0 Å². The molecule has 2 atom stereocenters. The van der Waals surface area contributed by atoms with Crippen molar-refractivity contribution >= 4 is 0 Å². The first-order chi connectivity index (χ1) is 9.82. The minimum absolute atomic E-state index is 0.119. The molecular weight excluding hydrogens is 279 g/mol. The standard InChI is InChI=1S/C16H22F3NO/c1-3-15(4-2)13(9-14(15)20)11-5-7-12(8-6-11)21-10-16(17,18)19/h5-8,13-14H,3-4,9-10,20H2,1-2H3. The summed E-state index contributed by atoms with van der Waals surface area (Å²) < 4.78 is 41.1. The second-order valence-corrected chi connectivity index (χ2v) is 5.81. The van der Waals surface area contributed by atoms with E-state index >= 15 is 0 Å². The van der Waals surface area contributed by atoms with E-state index in [0.717, 1.165) is 24.8 Å². The highest BCUT2D eigenvalue weighted by molar-refractivity contribution is 5.33. The number of hydrogen-bond acceptors (Lipinski definition) is 2. The van der Waals surface area contributed by atoms with Crippen LogP contribution >= 0.6 is 0 Å². The van der Waals surface area contributed by atoms with E-state index in [1.807, 2.05) is 12.1 Å². The zero-order valence-electron chi connectivity index (χ0n) is 12.4. The molecule has 1 saturated carbocycles. The maximum absolute atomic E-state index is 12.1. The van der Waals surface area contributed by atoms with Crippen LogP contribution in [0.15, 0.2) is 24.3 Å². The van der Waals surface area contributed by atoms with Crippen molar-refractivity contribution in [1.82, 2.24) is 0 Å². The first kappa shape index (κ1) is 16.1. The van der Waals surface area contributed by atoms with Crippen molar-refractivity contribution in [2.24, 2.45) is 11.1 Å². The Bertz CT molecular complexity index is 465. The number of rotatable bonds is 5. The molecule has 0 spiro atoms. The minimum Gasteiger partial charge on any atom is -0.484 e. The summed E-state index contributed by atoms with van der Waals surface area (Å²) >= 11 is 0. The molecule has 0 amide bonds. The van der Waals surface area contributed by atoms with Crippen LogP contribution in [-0.2, 0) is 0 Å². The lowest BCUT2D eigenvalue weighted by atomic mass is 9.52. The molecule has 1 aromatic carbocycles. The SMILES string of the molecule is CCC1(CC)C(N)CC1c1ccc(OCC(F)(F)F)cc1. The molecule has 2 rings (SSSR count). The third kappa shape index (κ3) is 3.18. The van der Waals surface area contributed by atoms with Gasteiger partial charge in [0.15, 0.2) is 6.61 Å². The highest BCUT2D eigenvalue weighted by atomic mass is 19.4. The van der Waals surface area contributed by atoms with E-state index in [1.54, 1.807) is 12.1 Å². The molecule has 0 radical (unpaired) electrons. The molecule has 21 heavy (non-hydrogen) atoms. The Kier molecular flexibility index (Phi) is 4.51. The van der Waals surface area contributed by atoms with Crippen LogP contribution in [0.4, 0.5) is 13.2 Å². The number of halogens is 3. The molecular formula is C16H22F3NO. The van der Waals surface area contributed by atoms with Gasteiger partial charge in [0.25, 0.3) is 0 Å². The van der Waals surface area contributed by atoms with E-state index in [9.17, 15) is 13.2 Å². The number of alkyl halides is 3. The van der Waals surface area contributed by atoms with Crippen molar-refractivity contribution in [3.63, 3.8) is 0 Å². The fourth-order valence-electron chi connectivity index (χ4n) is 3.52. The van der Waals surface area contributed by atoms with E-state index in [-0.39, 0.29) is 17.2 Å². The molecule has 0 aromatic heterocycles. The maximum atomic E-state index is 12.1. The van der Waals surface area contributed by atoms with Gasteiger partial charge in [-0.15, -0.1) is 0 Å². The van der Waals surface area contributed by atoms with Crippen LogP contribution in [0.2, 0.25) is 0 Å². The summed E-state index contributed by atoms with van der Waals surface area (Å²) in [7, 11) is 0. The zero-order valence-corrected chi connectivity index (χ0v) is 12.4. The average molecular weight is 301 g/mol. The van der Waals surface area contributed by atoms with Crippen LogP contribution in [0.1, 0.15) is 44.6 Å². The number of benzene rings is 1. The molecule has 0 aliphatic heterocycles. The number of nitrogens with two attached hydrogens (primary N) is 1. The van der Waals surface area contributed by atoms with Crippen LogP contribution in [0.3, 0.4) is 0 Å². The first-order valence-electron chi connectivity index (χ1n) is 7.37. The van der Waals surface area contributed by atoms with E-state index in [0.29, 0.717) is 5.92 Å². The minimum atomic E-state index is -4.31. The molecule has 2 unspecified atom stereocenters. The average Bonchev–Trinajstić information content (AvgIpc) is 2.44. The van der Waals surface area contributed by atoms with Gasteiger partial charge < -0.3 is 10.5 Å². The summed E-state index contributed by atoms with van der Waals surface area (Å²) in [6, 6.07) is 7.16. The highest BCUT2D eigenvalue weighted by Crippen LogP contribution is 2.56. The Morgan fingerprint density at radius 2 is 1.76 bits per heavy atom. The van der Waals surface area contributed by atoms with E-state index in [2.05, 4.69) is 13.8 Å². The van der Waals surface area contributed by atoms with Gasteiger partial charge in [-0.3, -0.25) is 0 Å². The van der Waals surface area contributed by atoms with Gasteiger partial charge >= 0.3 is 6.18 Å². The molecule has 118 valence electrons. The van der Waals surface area contributed by atoms with Gasteiger partial charge in [-0.05, 0) is 48.3 Å². The monoisotopic (exact) mass is 301 g/mol. The maximum Gasteiger partial charge on any atom is 0.422 e. The fourth-order valence-corrected chi connectivity index (χ4v) is 3.52. The van der Waals surface area contributed by atoms with Crippen molar-refractivity contribution < 1.29 is 17.9 Å². The third-order valence-corrected chi connectivity index (χ3v) is 4.92. The Morgan fingerprint density at radius 3 is 2.19 bits per heavy atom. The van der Waals surface area contributed by atoms with Gasteiger partial charge in [0.1, 0.15) is 5.75 Å². The fraction of sp³-hybridized carbons (Fsp3) is 0.625. The van der Waals surface area contributed by atoms with Crippen LogP contribution in [-0.4, -0.2) is 18.8 Å². The van der Waals surface area contributed by atoms with Crippen LogP contribution in [0, 0.1) is 5.41 Å². The second-order valence-electron chi connectivity index (χ2n) is 5.81. The van der Waals surface area contributed by atoms with Crippen LogP contribution in [0.25, 0.3) is 0 Å². The lowest BCUT2D eigenvalue weighted by molar-refractivity contribution is -0.153. The normalized spacial score (nSPS) is 24.5. The van der Waals surface area contributed by atoms with Crippen molar-refractivity contribution in [3.05, 3.63) is 29.8 Å². The van der Waals surface area contributed by atoms with E-state index in [4.69, 9.17) is 10.5 Å². The molecule has 0 heterocycles. The number of ether oxygens (including phenoxy) is 1. The molecule has 1 aliphatic rings. The molecule has 1 fully saturated rings.